The van der Waals surface area contributed by atoms with Crippen LogP contribution in [0.25, 0.3) is 0 Å². The van der Waals surface area contributed by atoms with Gasteiger partial charge in [0.15, 0.2) is 0 Å². The van der Waals surface area contributed by atoms with Gasteiger partial charge in [-0.15, -0.1) is 0 Å². The first-order valence-corrected chi connectivity index (χ1v) is 7.51. The van der Waals surface area contributed by atoms with Crippen molar-refractivity contribution < 1.29 is 14.6 Å². The molecule has 2 rings (SSSR count). The van der Waals surface area contributed by atoms with Crippen molar-refractivity contribution >= 4 is 21.9 Å². The number of carboxylic acids is 1. The van der Waals surface area contributed by atoms with E-state index in [0.29, 0.717) is 17.2 Å². The molecule has 3 nitrogen and oxygen atoms in total. The van der Waals surface area contributed by atoms with Crippen LogP contribution in [0.2, 0.25) is 0 Å². The number of carbonyl (C=O) groups is 1. The standard InChI is InChI=1S/C17H17BrO3/c1-11(2)12-7-8-16(15(18)9-12)21-10-13-5-3-4-6-14(13)17(19)20/h3-9,11H,10H2,1-2H3,(H,19,20). The van der Waals surface area contributed by atoms with Gasteiger partial charge in [-0.25, -0.2) is 4.79 Å². The van der Waals surface area contributed by atoms with Crippen molar-refractivity contribution in [2.75, 3.05) is 0 Å². The molecule has 21 heavy (non-hydrogen) atoms. The van der Waals surface area contributed by atoms with Crippen LogP contribution in [0.4, 0.5) is 0 Å². The van der Waals surface area contributed by atoms with Crippen molar-refractivity contribution in [1.29, 1.82) is 0 Å². The van der Waals surface area contributed by atoms with Crippen molar-refractivity contribution in [3.63, 3.8) is 0 Å². The molecule has 0 saturated heterocycles. The summed E-state index contributed by atoms with van der Waals surface area (Å²) in [6.07, 6.45) is 0. The number of hydrogen-bond acceptors (Lipinski definition) is 2. The quantitative estimate of drug-likeness (QED) is 0.839. The summed E-state index contributed by atoms with van der Waals surface area (Å²) < 4.78 is 6.61. The van der Waals surface area contributed by atoms with Crippen LogP contribution in [-0.4, -0.2) is 11.1 Å². The lowest BCUT2D eigenvalue weighted by atomic mass is 10.0. The summed E-state index contributed by atoms with van der Waals surface area (Å²) in [5.41, 5.74) is 2.15. The highest BCUT2D eigenvalue weighted by Crippen LogP contribution is 2.29. The molecule has 0 saturated carbocycles. The Morgan fingerprint density at radius 2 is 1.95 bits per heavy atom. The first-order valence-electron chi connectivity index (χ1n) is 6.72. The third-order valence-electron chi connectivity index (χ3n) is 3.25. The van der Waals surface area contributed by atoms with E-state index in [0.717, 1.165) is 4.47 Å². The Bertz CT molecular complexity index is 650. The molecular weight excluding hydrogens is 332 g/mol. The summed E-state index contributed by atoms with van der Waals surface area (Å²) >= 11 is 3.50. The maximum Gasteiger partial charge on any atom is 0.336 e. The number of rotatable bonds is 5. The minimum absolute atomic E-state index is 0.224. The highest BCUT2D eigenvalue weighted by molar-refractivity contribution is 9.10. The molecule has 0 aromatic heterocycles. The van der Waals surface area contributed by atoms with Gasteiger partial charge in [-0.2, -0.15) is 0 Å². The first kappa shape index (κ1) is 15.6. The predicted molar refractivity (Wildman–Crippen MR) is 86.0 cm³/mol. The lowest BCUT2D eigenvalue weighted by molar-refractivity contribution is 0.0694. The molecule has 0 radical (unpaired) electrons. The van der Waals surface area contributed by atoms with Crippen LogP contribution in [0.15, 0.2) is 46.9 Å². The summed E-state index contributed by atoms with van der Waals surface area (Å²) in [4.78, 5) is 11.2. The second-order valence-electron chi connectivity index (χ2n) is 5.10. The zero-order valence-electron chi connectivity index (χ0n) is 12.0. The van der Waals surface area contributed by atoms with E-state index in [4.69, 9.17) is 9.84 Å². The van der Waals surface area contributed by atoms with E-state index in [2.05, 4.69) is 29.8 Å². The summed E-state index contributed by atoms with van der Waals surface area (Å²) in [5.74, 6) is 0.214. The average Bonchev–Trinajstić information content (AvgIpc) is 2.46. The van der Waals surface area contributed by atoms with Crippen molar-refractivity contribution in [3.05, 3.63) is 63.6 Å². The van der Waals surface area contributed by atoms with Crippen molar-refractivity contribution in [3.8, 4) is 5.75 Å². The number of carboxylic acid groups (broad SMARTS) is 1. The molecule has 2 aromatic rings. The third-order valence-corrected chi connectivity index (χ3v) is 3.87. The second-order valence-corrected chi connectivity index (χ2v) is 5.95. The molecule has 4 heteroatoms. The van der Waals surface area contributed by atoms with Gasteiger partial charge in [0.2, 0.25) is 0 Å². The maximum atomic E-state index is 11.2. The van der Waals surface area contributed by atoms with Crippen molar-refractivity contribution in [2.24, 2.45) is 0 Å². The number of aromatic carboxylic acids is 1. The molecule has 0 aliphatic rings. The van der Waals surface area contributed by atoms with Crippen LogP contribution in [0.1, 0.15) is 41.3 Å². The minimum Gasteiger partial charge on any atom is -0.488 e. The lowest BCUT2D eigenvalue weighted by Crippen LogP contribution is -2.05. The Morgan fingerprint density at radius 1 is 1.24 bits per heavy atom. The SMILES string of the molecule is CC(C)c1ccc(OCc2ccccc2C(=O)O)c(Br)c1. The summed E-state index contributed by atoms with van der Waals surface area (Å²) in [5, 5.41) is 9.15. The summed E-state index contributed by atoms with van der Waals surface area (Å²) in [7, 11) is 0. The minimum atomic E-state index is -0.941. The Labute approximate surface area is 132 Å². The summed E-state index contributed by atoms with van der Waals surface area (Å²) in [6.45, 7) is 4.49. The topological polar surface area (TPSA) is 46.5 Å². The van der Waals surface area contributed by atoms with E-state index in [1.807, 2.05) is 24.3 Å². The fourth-order valence-electron chi connectivity index (χ4n) is 2.00. The largest absolute Gasteiger partial charge is 0.488 e. The fourth-order valence-corrected chi connectivity index (χ4v) is 2.51. The zero-order chi connectivity index (χ0) is 15.4. The molecule has 0 aliphatic heterocycles. The van der Waals surface area contributed by atoms with Gasteiger partial charge in [0.1, 0.15) is 12.4 Å². The Morgan fingerprint density at radius 3 is 2.57 bits per heavy atom. The van der Waals surface area contributed by atoms with Gasteiger partial charge < -0.3 is 9.84 Å². The van der Waals surface area contributed by atoms with Gasteiger partial charge >= 0.3 is 5.97 Å². The molecule has 0 bridgehead atoms. The van der Waals surface area contributed by atoms with E-state index >= 15 is 0 Å². The Balaban J connectivity index is 2.15. The predicted octanol–water partition coefficient (Wildman–Crippen LogP) is 4.85. The summed E-state index contributed by atoms with van der Waals surface area (Å²) in [6, 6.07) is 12.8. The number of benzene rings is 2. The van der Waals surface area contributed by atoms with Crippen molar-refractivity contribution in [2.45, 2.75) is 26.4 Å². The Kier molecular flexibility index (Phi) is 5.02. The smallest absolute Gasteiger partial charge is 0.336 e. The van der Waals surface area contributed by atoms with Crippen LogP contribution in [0, 0.1) is 0 Å². The molecule has 0 atom stereocenters. The molecular formula is C17H17BrO3. The van der Waals surface area contributed by atoms with Crippen LogP contribution >= 0.6 is 15.9 Å². The van der Waals surface area contributed by atoms with E-state index in [1.54, 1.807) is 18.2 Å². The van der Waals surface area contributed by atoms with E-state index in [1.165, 1.54) is 5.56 Å². The van der Waals surface area contributed by atoms with Gasteiger partial charge in [-0.1, -0.05) is 38.1 Å². The number of ether oxygens (including phenoxy) is 1. The van der Waals surface area contributed by atoms with Crippen LogP contribution in [0.3, 0.4) is 0 Å². The van der Waals surface area contributed by atoms with E-state index < -0.39 is 5.97 Å². The van der Waals surface area contributed by atoms with E-state index in [9.17, 15) is 4.79 Å². The van der Waals surface area contributed by atoms with Gasteiger partial charge in [0, 0.05) is 5.56 Å². The monoisotopic (exact) mass is 348 g/mol. The second kappa shape index (κ2) is 6.76. The average molecular weight is 349 g/mol. The van der Waals surface area contributed by atoms with Crippen LogP contribution in [-0.2, 0) is 6.61 Å². The first-order chi connectivity index (χ1) is 9.99. The molecule has 0 fully saturated rings. The molecule has 0 aliphatic carbocycles. The Hall–Kier alpha value is -1.81. The molecule has 0 heterocycles. The van der Waals surface area contributed by atoms with Gasteiger partial charge in [-0.05, 0) is 45.6 Å². The van der Waals surface area contributed by atoms with E-state index in [-0.39, 0.29) is 12.2 Å². The van der Waals surface area contributed by atoms with Crippen molar-refractivity contribution in [1.82, 2.24) is 0 Å². The van der Waals surface area contributed by atoms with Gasteiger partial charge in [0.25, 0.3) is 0 Å². The van der Waals surface area contributed by atoms with Gasteiger partial charge in [-0.3, -0.25) is 0 Å². The molecule has 0 amide bonds. The number of hydrogen-bond donors (Lipinski definition) is 1. The molecule has 1 N–H and O–H groups in total. The molecule has 110 valence electrons. The van der Waals surface area contributed by atoms with Crippen LogP contribution in [0.5, 0.6) is 5.75 Å². The molecule has 2 aromatic carbocycles. The highest BCUT2D eigenvalue weighted by atomic mass is 79.9. The maximum absolute atomic E-state index is 11.2. The third kappa shape index (κ3) is 3.85. The number of halogens is 1. The van der Waals surface area contributed by atoms with Gasteiger partial charge in [0.05, 0.1) is 10.0 Å². The normalized spacial score (nSPS) is 10.7. The van der Waals surface area contributed by atoms with Crippen LogP contribution < -0.4 is 4.74 Å². The molecule has 0 spiro atoms. The highest BCUT2D eigenvalue weighted by Gasteiger charge is 2.11. The molecule has 0 unspecified atom stereocenters. The lowest BCUT2D eigenvalue weighted by Gasteiger charge is -2.12. The fraction of sp³-hybridized carbons (Fsp3) is 0.235. The zero-order valence-corrected chi connectivity index (χ0v) is 13.6.